The van der Waals surface area contributed by atoms with Gasteiger partial charge in [-0.1, -0.05) is 51.2 Å². The molecule has 6 nitrogen and oxygen atoms in total. The standard InChI is InChI=1S/C17H27NO5/c1-3-4-5-6-7-8-12(19)9-10-13-14-11(2)18-15(20)17(13,22)16(21)23-14/h9-14,19,22H,3-8H2,1-2H3,(H,18,20)/b10-9+/t11-,12?,13-,14-,17+/m1/s1. The molecule has 0 aromatic carbocycles. The lowest BCUT2D eigenvalue weighted by Gasteiger charge is -2.33. The second-order valence-corrected chi connectivity index (χ2v) is 6.58. The van der Waals surface area contributed by atoms with E-state index in [0.717, 1.165) is 19.3 Å². The van der Waals surface area contributed by atoms with E-state index in [4.69, 9.17) is 4.74 Å². The monoisotopic (exact) mass is 325 g/mol. The van der Waals surface area contributed by atoms with Crippen LogP contribution in [-0.4, -0.2) is 45.9 Å². The van der Waals surface area contributed by atoms with Gasteiger partial charge in [0.25, 0.3) is 11.5 Å². The first kappa shape index (κ1) is 17.9. The molecule has 0 radical (unpaired) electrons. The molecule has 2 rings (SSSR count). The van der Waals surface area contributed by atoms with Crippen molar-refractivity contribution >= 4 is 11.9 Å². The van der Waals surface area contributed by atoms with Crippen LogP contribution in [0.3, 0.4) is 0 Å². The van der Waals surface area contributed by atoms with Crippen LogP contribution < -0.4 is 5.32 Å². The van der Waals surface area contributed by atoms with Gasteiger partial charge in [0.1, 0.15) is 6.10 Å². The van der Waals surface area contributed by atoms with Crippen LogP contribution in [0.1, 0.15) is 52.4 Å². The van der Waals surface area contributed by atoms with Gasteiger partial charge in [-0.2, -0.15) is 0 Å². The van der Waals surface area contributed by atoms with Crippen molar-refractivity contribution in [2.45, 2.75) is 76.2 Å². The first-order valence-corrected chi connectivity index (χ1v) is 8.52. The number of carbonyl (C=O) groups is 2. The van der Waals surface area contributed by atoms with E-state index in [1.807, 2.05) is 0 Å². The average Bonchev–Trinajstić information content (AvgIpc) is 2.73. The summed E-state index contributed by atoms with van der Waals surface area (Å²) in [6, 6.07) is -0.366. The average molecular weight is 325 g/mol. The molecule has 5 atom stereocenters. The number of carbonyl (C=O) groups excluding carboxylic acids is 2. The number of unbranched alkanes of at least 4 members (excludes halogenated alkanes) is 4. The van der Waals surface area contributed by atoms with Crippen LogP contribution in [0.25, 0.3) is 0 Å². The Morgan fingerprint density at radius 3 is 2.70 bits per heavy atom. The van der Waals surface area contributed by atoms with Crippen LogP contribution in [-0.2, 0) is 14.3 Å². The fourth-order valence-corrected chi connectivity index (χ4v) is 3.27. The zero-order valence-electron chi connectivity index (χ0n) is 13.8. The molecule has 2 bridgehead atoms. The van der Waals surface area contributed by atoms with Crippen LogP contribution in [0.4, 0.5) is 0 Å². The van der Waals surface area contributed by atoms with Gasteiger partial charge in [0.15, 0.2) is 0 Å². The second-order valence-electron chi connectivity index (χ2n) is 6.58. The third kappa shape index (κ3) is 3.58. The molecule has 1 unspecified atom stereocenters. The van der Waals surface area contributed by atoms with Crippen molar-refractivity contribution in [2.75, 3.05) is 0 Å². The molecule has 0 spiro atoms. The van der Waals surface area contributed by atoms with Gasteiger partial charge in [-0.05, 0) is 13.3 Å². The van der Waals surface area contributed by atoms with Crippen LogP contribution in [0, 0.1) is 5.92 Å². The highest BCUT2D eigenvalue weighted by molar-refractivity contribution is 6.09. The van der Waals surface area contributed by atoms with E-state index in [0.29, 0.717) is 6.42 Å². The van der Waals surface area contributed by atoms with Gasteiger partial charge in [0.2, 0.25) is 0 Å². The number of aliphatic hydroxyl groups excluding tert-OH is 1. The minimum Gasteiger partial charge on any atom is -0.457 e. The molecule has 130 valence electrons. The van der Waals surface area contributed by atoms with Crippen molar-refractivity contribution < 1.29 is 24.5 Å². The zero-order chi connectivity index (χ0) is 17.0. The minimum absolute atomic E-state index is 0.366. The zero-order valence-corrected chi connectivity index (χ0v) is 13.8. The maximum atomic E-state index is 12.0. The fourth-order valence-electron chi connectivity index (χ4n) is 3.27. The summed E-state index contributed by atoms with van der Waals surface area (Å²) in [5.41, 5.74) is -2.17. The van der Waals surface area contributed by atoms with E-state index >= 15 is 0 Å². The van der Waals surface area contributed by atoms with Gasteiger partial charge in [-0.15, -0.1) is 0 Å². The minimum atomic E-state index is -2.17. The van der Waals surface area contributed by atoms with Crippen molar-refractivity contribution in [1.82, 2.24) is 5.32 Å². The molecule has 2 aliphatic heterocycles. The van der Waals surface area contributed by atoms with E-state index < -0.39 is 35.6 Å². The lowest BCUT2D eigenvalue weighted by atomic mass is 9.79. The normalized spacial score (nSPS) is 34.5. The molecular formula is C17H27NO5. The third-order valence-corrected chi connectivity index (χ3v) is 4.73. The summed E-state index contributed by atoms with van der Waals surface area (Å²) >= 11 is 0. The Morgan fingerprint density at radius 1 is 1.30 bits per heavy atom. The van der Waals surface area contributed by atoms with Crippen molar-refractivity contribution in [1.29, 1.82) is 0 Å². The van der Waals surface area contributed by atoms with E-state index in [9.17, 15) is 19.8 Å². The van der Waals surface area contributed by atoms with Crippen LogP contribution >= 0.6 is 0 Å². The smallest absolute Gasteiger partial charge is 0.349 e. The molecule has 2 fully saturated rings. The molecule has 2 saturated heterocycles. The molecule has 0 aromatic rings. The third-order valence-electron chi connectivity index (χ3n) is 4.73. The first-order chi connectivity index (χ1) is 10.9. The number of rotatable bonds is 8. The number of esters is 1. The van der Waals surface area contributed by atoms with Gasteiger partial charge in [0, 0.05) is 0 Å². The molecule has 0 saturated carbocycles. The Kier molecular flexibility index (Phi) is 5.81. The number of ether oxygens (including phenoxy) is 1. The van der Waals surface area contributed by atoms with E-state index in [2.05, 4.69) is 12.2 Å². The molecule has 6 heteroatoms. The van der Waals surface area contributed by atoms with Gasteiger partial charge < -0.3 is 20.3 Å². The Bertz CT molecular complexity index is 478. The second kappa shape index (κ2) is 7.45. The van der Waals surface area contributed by atoms with Crippen LogP contribution in [0.15, 0.2) is 12.2 Å². The van der Waals surface area contributed by atoms with Gasteiger partial charge >= 0.3 is 5.97 Å². The van der Waals surface area contributed by atoms with Crippen molar-refractivity contribution in [3.8, 4) is 0 Å². The Labute approximate surface area is 136 Å². The molecule has 0 aromatic heterocycles. The number of aliphatic hydroxyl groups is 2. The van der Waals surface area contributed by atoms with Gasteiger partial charge in [-0.25, -0.2) is 4.79 Å². The number of fused-ring (bicyclic) bond motifs is 2. The number of amides is 1. The van der Waals surface area contributed by atoms with Crippen molar-refractivity contribution in [3.05, 3.63) is 12.2 Å². The maximum absolute atomic E-state index is 12.0. The molecule has 1 amide bonds. The number of hydrogen-bond acceptors (Lipinski definition) is 5. The van der Waals surface area contributed by atoms with Crippen LogP contribution in [0.5, 0.6) is 0 Å². The summed E-state index contributed by atoms with van der Waals surface area (Å²) < 4.78 is 5.14. The van der Waals surface area contributed by atoms with E-state index in [1.54, 1.807) is 19.1 Å². The molecule has 23 heavy (non-hydrogen) atoms. The van der Waals surface area contributed by atoms with Crippen molar-refractivity contribution in [2.24, 2.45) is 5.92 Å². The highest BCUT2D eigenvalue weighted by Crippen LogP contribution is 2.38. The first-order valence-electron chi connectivity index (χ1n) is 8.52. The Morgan fingerprint density at radius 2 is 2.00 bits per heavy atom. The molecule has 2 aliphatic rings. The predicted molar refractivity (Wildman–Crippen MR) is 84.4 cm³/mol. The van der Waals surface area contributed by atoms with E-state index in [-0.39, 0.29) is 6.04 Å². The summed E-state index contributed by atoms with van der Waals surface area (Å²) in [4.78, 5) is 23.8. The lowest BCUT2D eigenvalue weighted by Crippen LogP contribution is -2.62. The molecule has 3 N–H and O–H groups in total. The number of nitrogens with one attached hydrogen (secondary N) is 1. The summed E-state index contributed by atoms with van der Waals surface area (Å²) in [7, 11) is 0. The lowest BCUT2D eigenvalue weighted by molar-refractivity contribution is -0.160. The number of piperidine rings is 1. The Balaban J connectivity index is 1.93. The SMILES string of the molecule is CCCCCCCC(O)/C=C/[C@@H]1[C@@H]2OC(=O)[C@@]1(O)C(=O)N[C@@H]2C. The fraction of sp³-hybridized carbons (Fsp3) is 0.765. The number of hydrogen-bond donors (Lipinski definition) is 3. The summed E-state index contributed by atoms with van der Waals surface area (Å²) in [6.45, 7) is 3.88. The molecule has 2 heterocycles. The summed E-state index contributed by atoms with van der Waals surface area (Å²) in [5.74, 6) is -2.39. The highest BCUT2D eigenvalue weighted by atomic mass is 16.6. The van der Waals surface area contributed by atoms with E-state index in [1.165, 1.54) is 12.8 Å². The Hall–Kier alpha value is -1.40. The summed E-state index contributed by atoms with van der Waals surface area (Å²) in [5, 5.41) is 23.0. The highest BCUT2D eigenvalue weighted by Gasteiger charge is 2.65. The quantitative estimate of drug-likeness (QED) is 0.268. The largest absolute Gasteiger partial charge is 0.457 e. The molecular weight excluding hydrogens is 298 g/mol. The van der Waals surface area contributed by atoms with Gasteiger partial charge in [0.05, 0.1) is 18.1 Å². The topological polar surface area (TPSA) is 95.9 Å². The summed E-state index contributed by atoms with van der Waals surface area (Å²) in [6.07, 6.45) is 8.06. The van der Waals surface area contributed by atoms with Crippen LogP contribution in [0.2, 0.25) is 0 Å². The molecule has 0 aliphatic carbocycles. The van der Waals surface area contributed by atoms with Crippen molar-refractivity contribution in [3.63, 3.8) is 0 Å². The predicted octanol–water partition coefficient (Wildman–Crippen LogP) is 1.05. The maximum Gasteiger partial charge on any atom is 0.349 e. The van der Waals surface area contributed by atoms with Gasteiger partial charge in [-0.3, -0.25) is 4.79 Å².